The Balaban J connectivity index is 2.15. The average molecular weight is 397 g/mol. The summed E-state index contributed by atoms with van der Waals surface area (Å²) in [5, 5.41) is 0. The fourth-order valence-corrected chi connectivity index (χ4v) is 4.09. The van der Waals surface area contributed by atoms with Crippen molar-refractivity contribution in [2.24, 2.45) is 0 Å². The molecule has 6 heteroatoms. The van der Waals surface area contributed by atoms with Crippen molar-refractivity contribution in [2.45, 2.75) is 31.6 Å². The summed E-state index contributed by atoms with van der Waals surface area (Å²) in [6.07, 6.45) is 1.10. The third-order valence-electron chi connectivity index (χ3n) is 3.25. The second kappa shape index (κ2) is 7.27. The molecule has 0 radical (unpaired) electrons. The highest BCUT2D eigenvalue weighted by atomic mass is 79.9. The van der Waals surface area contributed by atoms with E-state index in [1.807, 2.05) is 6.92 Å². The molecule has 0 saturated carbocycles. The summed E-state index contributed by atoms with van der Waals surface area (Å²) in [5.41, 5.74) is 1.91. The Hall–Kier alpha value is -1.66. The van der Waals surface area contributed by atoms with E-state index in [0.29, 0.717) is 17.3 Å². The molecule has 0 N–H and O–H groups in total. The Bertz CT molecular complexity index is 811. The Labute approximate surface area is 144 Å². The zero-order chi connectivity index (χ0) is 17.0. The van der Waals surface area contributed by atoms with Crippen LogP contribution in [0.4, 0.5) is 0 Å². The lowest BCUT2D eigenvalue weighted by Gasteiger charge is -2.09. The summed E-state index contributed by atoms with van der Waals surface area (Å²) >= 11 is 3.25. The van der Waals surface area contributed by atoms with Crippen LogP contribution in [-0.4, -0.2) is 14.2 Å². The van der Waals surface area contributed by atoms with E-state index in [4.69, 9.17) is 4.18 Å². The molecule has 0 aliphatic carbocycles. The van der Waals surface area contributed by atoms with Gasteiger partial charge in [0.1, 0.15) is 16.4 Å². The van der Waals surface area contributed by atoms with Gasteiger partial charge in [0.2, 0.25) is 0 Å². The second-order valence-corrected chi connectivity index (χ2v) is 7.69. The van der Waals surface area contributed by atoms with Crippen LogP contribution in [0.5, 0.6) is 5.75 Å². The Morgan fingerprint density at radius 3 is 2.35 bits per heavy atom. The maximum atomic E-state index is 12.3. The largest absolute Gasteiger partial charge is 0.379 e. The molecule has 0 saturated heterocycles. The van der Waals surface area contributed by atoms with Gasteiger partial charge in [-0.1, -0.05) is 18.2 Å². The molecule has 0 aromatic heterocycles. The first-order chi connectivity index (χ1) is 10.8. The van der Waals surface area contributed by atoms with Gasteiger partial charge in [-0.3, -0.25) is 0 Å². The van der Waals surface area contributed by atoms with E-state index in [1.54, 1.807) is 43.3 Å². The molecule has 2 rings (SSSR count). The van der Waals surface area contributed by atoms with Gasteiger partial charge in [0, 0.05) is 10.9 Å². The molecule has 122 valence electrons. The van der Waals surface area contributed by atoms with Gasteiger partial charge >= 0.3 is 10.1 Å². The number of carbonyl (C=O) groups is 1. The van der Waals surface area contributed by atoms with Gasteiger partial charge < -0.3 is 8.98 Å². The van der Waals surface area contributed by atoms with Gasteiger partial charge in [0.05, 0.1) is 0 Å². The highest BCUT2D eigenvalue weighted by Gasteiger charge is 2.20. The Kier molecular flexibility index (Phi) is 5.59. The van der Waals surface area contributed by atoms with Crippen molar-refractivity contribution in [2.75, 3.05) is 0 Å². The van der Waals surface area contributed by atoms with Gasteiger partial charge in [0.15, 0.2) is 0 Å². The fraction of sp³-hybridized carbons (Fsp3) is 0.235. The van der Waals surface area contributed by atoms with E-state index in [1.165, 1.54) is 6.07 Å². The molecule has 0 atom stereocenters. The summed E-state index contributed by atoms with van der Waals surface area (Å²) in [5.74, 6) is 0.362. The number of halogens is 1. The lowest BCUT2D eigenvalue weighted by molar-refractivity contribution is -0.116. The van der Waals surface area contributed by atoms with Crippen molar-refractivity contribution in [1.82, 2.24) is 0 Å². The summed E-state index contributed by atoms with van der Waals surface area (Å²) in [7, 11) is -3.90. The number of Topliss-reactive ketones (excluding diaryl/α,β-unsaturated/α-hetero) is 1. The van der Waals surface area contributed by atoms with Crippen LogP contribution in [0.2, 0.25) is 0 Å². The molecule has 0 spiro atoms. The van der Waals surface area contributed by atoms with Crippen LogP contribution in [0.1, 0.15) is 24.5 Å². The molecule has 0 unspecified atom stereocenters. The maximum Gasteiger partial charge on any atom is 0.340 e. The van der Waals surface area contributed by atoms with Crippen molar-refractivity contribution < 1.29 is 17.4 Å². The quantitative estimate of drug-likeness (QED) is 0.691. The van der Waals surface area contributed by atoms with Gasteiger partial charge in [-0.15, -0.1) is 0 Å². The van der Waals surface area contributed by atoms with E-state index in [9.17, 15) is 13.2 Å². The van der Waals surface area contributed by atoms with Gasteiger partial charge in [0.25, 0.3) is 0 Å². The number of aryl methyl sites for hydroxylation is 2. The van der Waals surface area contributed by atoms with Crippen LogP contribution in [0.3, 0.4) is 0 Å². The van der Waals surface area contributed by atoms with Crippen LogP contribution >= 0.6 is 15.9 Å². The lowest BCUT2D eigenvalue weighted by atomic mass is 10.1. The summed E-state index contributed by atoms with van der Waals surface area (Å²) in [6, 6.07) is 11.7. The predicted octanol–water partition coefficient (Wildman–Crippen LogP) is 4.05. The molecular formula is C17H17BrO4S. The molecule has 0 aliphatic rings. The Morgan fingerprint density at radius 1 is 1.13 bits per heavy atom. The molecule has 23 heavy (non-hydrogen) atoms. The number of hydrogen-bond acceptors (Lipinski definition) is 4. The number of rotatable bonds is 6. The topological polar surface area (TPSA) is 60.4 Å². The van der Waals surface area contributed by atoms with E-state index in [-0.39, 0.29) is 16.4 Å². The number of benzene rings is 2. The van der Waals surface area contributed by atoms with Crippen molar-refractivity contribution in [1.29, 1.82) is 0 Å². The van der Waals surface area contributed by atoms with Crippen LogP contribution in [-0.2, 0) is 21.3 Å². The van der Waals surface area contributed by atoms with E-state index in [2.05, 4.69) is 15.9 Å². The summed E-state index contributed by atoms with van der Waals surface area (Å²) in [4.78, 5) is 11.1. The number of hydrogen-bond donors (Lipinski definition) is 0. The molecule has 0 heterocycles. The van der Waals surface area contributed by atoms with Crippen LogP contribution in [0.25, 0.3) is 0 Å². The van der Waals surface area contributed by atoms with Crippen LogP contribution < -0.4 is 4.18 Å². The van der Waals surface area contributed by atoms with Gasteiger partial charge in [-0.25, -0.2) is 0 Å². The van der Waals surface area contributed by atoms with Gasteiger partial charge in [-0.2, -0.15) is 8.42 Å². The zero-order valence-electron chi connectivity index (χ0n) is 12.9. The van der Waals surface area contributed by atoms with E-state index < -0.39 is 10.1 Å². The summed E-state index contributed by atoms with van der Waals surface area (Å²) < 4.78 is 30.3. The monoisotopic (exact) mass is 396 g/mol. The van der Waals surface area contributed by atoms with Crippen LogP contribution in [0, 0.1) is 6.92 Å². The Morgan fingerprint density at radius 2 is 1.78 bits per heavy atom. The standard InChI is InChI=1S/C17H17BrO4S/c1-12-3-10-17(16(18)11-12)23(20,21)22-15-8-6-14(7-9-15)5-4-13(2)19/h3,6-11H,4-5H2,1-2H3. The molecule has 0 fully saturated rings. The van der Waals surface area contributed by atoms with E-state index in [0.717, 1.165) is 11.1 Å². The van der Waals surface area contributed by atoms with Crippen molar-refractivity contribution in [3.05, 3.63) is 58.1 Å². The minimum absolute atomic E-state index is 0.0868. The minimum atomic E-state index is -3.90. The normalized spacial score (nSPS) is 11.3. The first-order valence-corrected chi connectivity index (χ1v) is 9.27. The smallest absolute Gasteiger partial charge is 0.340 e. The molecule has 0 amide bonds. The van der Waals surface area contributed by atoms with Crippen LogP contribution in [0.15, 0.2) is 51.8 Å². The first-order valence-electron chi connectivity index (χ1n) is 7.07. The number of ketones is 1. The highest BCUT2D eigenvalue weighted by Crippen LogP contribution is 2.26. The average Bonchev–Trinajstić information content (AvgIpc) is 2.45. The maximum absolute atomic E-state index is 12.3. The molecule has 4 nitrogen and oxygen atoms in total. The zero-order valence-corrected chi connectivity index (χ0v) is 15.3. The highest BCUT2D eigenvalue weighted by molar-refractivity contribution is 9.10. The molecule has 0 bridgehead atoms. The van der Waals surface area contributed by atoms with Crippen molar-refractivity contribution in [3.8, 4) is 5.75 Å². The van der Waals surface area contributed by atoms with E-state index >= 15 is 0 Å². The third kappa shape index (κ3) is 4.91. The molecule has 2 aromatic carbocycles. The molecule has 2 aromatic rings. The van der Waals surface area contributed by atoms with Gasteiger partial charge in [-0.05, 0) is 71.6 Å². The summed E-state index contributed by atoms with van der Waals surface area (Å²) in [6.45, 7) is 3.42. The fourth-order valence-electron chi connectivity index (χ4n) is 2.01. The SMILES string of the molecule is CC(=O)CCc1ccc(OS(=O)(=O)c2ccc(C)cc2Br)cc1. The number of carbonyl (C=O) groups excluding carboxylic acids is 1. The molecule has 0 aliphatic heterocycles. The minimum Gasteiger partial charge on any atom is -0.379 e. The van der Waals surface area contributed by atoms with Crippen molar-refractivity contribution >= 4 is 31.8 Å². The molecular weight excluding hydrogens is 380 g/mol. The second-order valence-electron chi connectivity index (χ2n) is 5.32. The lowest BCUT2D eigenvalue weighted by Crippen LogP contribution is -2.10. The van der Waals surface area contributed by atoms with Crippen molar-refractivity contribution in [3.63, 3.8) is 0 Å². The third-order valence-corrected chi connectivity index (χ3v) is 5.48. The first kappa shape index (κ1) is 17.7. The predicted molar refractivity (Wildman–Crippen MR) is 92.1 cm³/mol.